The minimum absolute atomic E-state index is 0.490. The highest BCUT2D eigenvalue weighted by Gasteiger charge is 2.34. The summed E-state index contributed by atoms with van der Waals surface area (Å²) in [4.78, 5) is 4.08. The molecule has 1 aromatic rings. The molecule has 1 aliphatic rings. The molecule has 1 N–H and O–H groups in total. The van der Waals surface area contributed by atoms with E-state index in [1.807, 2.05) is 11.3 Å². The van der Waals surface area contributed by atoms with Gasteiger partial charge in [0.05, 0.1) is 0 Å². The fourth-order valence-corrected chi connectivity index (χ4v) is 3.88. The third-order valence-corrected chi connectivity index (χ3v) is 5.92. The van der Waals surface area contributed by atoms with E-state index < -0.39 is 0 Å². The monoisotopic (exact) mass is 280 g/mol. The zero-order valence-electron chi connectivity index (χ0n) is 12.6. The fourth-order valence-electron chi connectivity index (χ4n) is 3.12. The summed E-state index contributed by atoms with van der Waals surface area (Å²) in [6.07, 6.45) is 4.05. The Morgan fingerprint density at radius 1 is 1.42 bits per heavy atom. The first-order valence-corrected chi connectivity index (χ1v) is 8.56. The van der Waals surface area contributed by atoms with Gasteiger partial charge in [-0.1, -0.05) is 19.9 Å². The Balaban J connectivity index is 1.70. The molecule has 0 radical (unpaired) electrons. The molecule has 0 aromatic carbocycles. The topological polar surface area (TPSA) is 15.3 Å². The van der Waals surface area contributed by atoms with Crippen molar-refractivity contribution in [3.8, 4) is 0 Å². The number of nitrogens with one attached hydrogen (secondary N) is 1. The summed E-state index contributed by atoms with van der Waals surface area (Å²) in [6, 6.07) is 4.84. The summed E-state index contributed by atoms with van der Waals surface area (Å²) < 4.78 is 0. The van der Waals surface area contributed by atoms with Gasteiger partial charge in [0.1, 0.15) is 0 Å². The van der Waals surface area contributed by atoms with Crippen molar-refractivity contribution in [1.29, 1.82) is 0 Å². The summed E-state index contributed by atoms with van der Waals surface area (Å²) in [5.41, 5.74) is 0.610. The number of likely N-dealkylation sites (tertiary alicyclic amines) is 1. The first kappa shape index (κ1) is 15.0. The predicted octanol–water partition coefficient (Wildman–Crippen LogP) is 3.91. The lowest BCUT2D eigenvalue weighted by atomic mass is 9.82. The first-order valence-electron chi connectivity index (χ1n) is 7.68. The lowest BCUT2D eigenvalue weighted by molar-refractivity contribution is 0.239. The smallest absolute Gasteiger partial charge is 0.0386 e. The fraction of sp³-hybridized carbons (Fsp3) is 0.750. The number of rotatable bonds is 7. The van der Waals surface area contributed by atoms with Crippen LogP contribution in [0, 0.1) is 5.41 Å². The van der Waals surface area contributed by atoms with Gasteiger partial charge in [-0.3, -0.25) is 0 Å². The zero-order valence-corrected chi connectivity index (χ0v) is 13.4. The molecule has 1 unspecified atom stereocenters. The molecule has 2 heterocycles. The Bertz CT molecular complexity index is 357. The summed E-state index contributed by atoms with van der Waals surface area (Å²) in [6.45, 7) is 11.8. The van der Waals surface area contributed by atoms with Crippen molar-refractivity contribution in [2.45, 2.75) is 46.1 Å². The minimum atomic E-state index is 0.490. The maximum atomic E-state index is 3.64. The Morgan fingerprint density at radius 2 is 2.21 bits per heavy atom. The predicted molar refractivity (Wildman–Crippen MR) is 84.8 cm³/mol. The van der Waals surface area contributed by atoms with Crippen LogP contribution in [0.2, 0.25) is 0 Å². The van der Waals surface area contributed by atoms with Crippen LogP contribution in [-0.4, -0.2) is 31.1 Å². The molecule has 19 heavy (non-hydrogen) atoms. The van der Waals surface area contributed by atoms with Gasteiger partial charge in [0.15, 0.2) is 0 Å². The van der Waals surface area contributed by atoms with Gasteiger partial charge >= 0.3 is 0 Å². The lowest BCUT2D eigenvalue weighted by Gasteiger charge is -2.26. The molecule has 2 rings (SSSR count). The number of hydrogen-bond donors (Lipinski definition) is 1. The summed E-state index contributed by atoms with van der Waals surface area (Å²) in [7, 11) is 0. The van der Waals surface area contributed by atoms with Crippen LogP contribution in [-0.2, 0) is 0 Å². The molecule has 1 fully saturated rings. The Labute approximate surface area is 122 Å². The van der Waals surface area contributed by atoms with Crippen LogP contribution in [0.5, 0.6) is 0 Å². The second-order valence-electron chi connectivity index (χ2n) is 5.92. The molecule has 0 amide bonds. The summed E-state index contributed by atoms with van der Waals surface area (Å²) >= 11 is 1.84. The van der Waals surface area contributed by atoms with Gasteiger partial charge in [-0.15, -0.1) is 11.3 Å². The van der Waals surface area contributed by atoms with E-state index >= 15 is 0 Å². The van der Waals surface area contributed by atoms with Crippen molar-refractivity contribution in [1.82, 2.24) is 10.2 Å². The first-order chi connectivity index (χ1) is 9.19. The van der Waals surface area contributed by atoms with Crippen LogP contribution in [0.15, 0.2) is 17.5 Å². The SMILES string of the molecule is CCC1(CC)CCN(CCNC(C)c2cccs2)C1. The van der Waals surface area contributed by atoms with Crippen molar-refractivity contribution >= 4 is 11.3 Å². The van der Waals surface area contributed by atoms with Gasteiger partial charge in [-0.2, -0.15) is 0 Å². The Hall–Kier alpha value is -0.380. The molecule has 0 aliphatic carbocycles. The summed E-state index contributed by atoms with van der Waals surface area (Å²) in [5.74, 6) is 0. The van der Waals surface area contributed by atoms with E-state index in [-0.39, 0.29) is 0 Å². The highest BCUT2D eigenvalue weighted by Crippen LogP contribution is 2.36. The van der Waals surface area contributed by atoms with Gasteiger partial charge in [-0.05, 0) is 49.6 Å². The molecule has 0 spiro atoms. The molecule has 1 aliphatic heterocycles. The van der Waals surface area contributed by atoms with E-state index in [9.17, 15) is 0 Å². The second kappa shape index (κ2) is 6.87. The van der Waals surface area contributed by atoms with Crippen LogP contribution in [0.4, 0.5) is 0 Å². The van der Waals surface area contributed by atoms with Crippen LogP contribution < -0.4 is 5.32 Å². The molecule has 1 atom stereocenters. The maximum Gasteiger partial charge on any atom is 0.0386 e. The van der Waals surface area contributed by atoms with E-state index in [0.29, 0.717) is 11.5 Å². The van der Waals surface area contributed by atoms with Gasteiger partial charge in [0, 0.05) is 30.6 Å². The molecular weight excluding hydrogens is 252 g/mol. The van der Waals surface area contributed by atoms with Crippen molar-refractivity contribution in [2.24, 2.45) is 5.41 Å². The van der Waals surface area contributed by atoms with E-state index in [2.05, 4.69) is 48.5 Å². The average molecular weight is 280 g/mol. The average Bonchev–Trinajstić information content (AvgIpc) is 3.09. The summed E-state index contributed by atoms with van der Waals surface area (Å²) in [5, 5.41) is 5.80. The number of thiophene rings is 1. The van der Waals surface area contributed by atoms with Gasteiger partial charge in [-0.25, -0.2) is 0 Å². The quantitative estimate of drug-likeness (QED) is 0.814. The highest BCUT2D eigenvalue weighted by molar-refractivity contribution is 7.10. The van der Waals surface area contributed by atoms with Gasteiger partial charge < -0.3 is 10.2 Å². The van der Waals surface area contributed by atoms with Gasteiger partial charge in [0.25, 0.3) is 0 Å². The number of hydrogen-bond acceptors (Lipinski definition) is 3. The second-order valence-corrected chi connectivity index (χ2v) is 6.90. The van der Waals surface area contributed by atoms with Crippen LogP contribution in [0.25, 0.3) is 0 Å². The molecule has 1 aromatic heterocycles. The number of nitrogens with zero attached hydrogens (tertiary/aromatic N) is 1. The molecule has 1 saturated heterocycles. The largest absolute Gasteiger partial charge is 0.308 e. The molecule has 3 heteroatoms. The van der Waals surface area contributed by atoms with Crippen LogP contribution >= 0.6 is 11.3 Å². The molecular formula is C16H28N2S. The van der Waals surface area contributed by atoms with Crippen LogP contribution in [0.1, 0.15) is 51.0 Å². The van der Waals surface area contributed by atoms with E-state index in [0.717, 1.165) is 6.54 Å². The third-order valence-electron chi connectivity index (χ3n) is 4.87. The van der Waals surface area contributed by atoms with Crippen LogP contribution in [0.3, 0.4) is 0 Å². The van der Waals surface area contributed by atoms with Crippen molar-refractivity contribution in [2.75, 3.05) is 26.2 Å². The molecule has 2 nitrogen and oxygen atoms in total. The van der Waals surface area contributed by atoms with E-state index in [1.165, 1.54) is 43.8 Å². The zero-order chi connectivity index (χ0) is 13.7. The Morgan fingerprint density at radius 3 is 2.79 bits per heavy atom. The van der Waals surface area contributed by atoms with E-state index in [4.69, 9.17) is 0 Å². The van der Waals surface area contributed by atoms with Crippen molar-refractivity contribution in [3.63, 3.8) is 0 Å². The van der Waals surface area contributed by atoms with Crippen molar-refractivity contribution < 1.29 is 0 Å². The lowest BCUT2D eigenvalue weighted by Crippen LogP contribution is -2.33. The standard InChI is InChI=1S/C16H28N2S/c1-4-16(5-2)8-10-18(13-16)11-9-17-14(3)15-7-6-12-19-15/h6-7,12,14,17H,4-5,8-11,13H2,1-3H3. The minimum Gasteiger partial charge on any atom is -0.308 e. The maximum absolute atomic E-state index is 3.64. The normalized spacial score (nSPS) is 20.8. The molecule has 0 bridgehead atoms. The van der Waals surface area contributed by atoms with Crippen molar-refractivity contribution in [3.05, 3.63) is 22.4 Å². The van der Waals surface area contributed by atoms with Gasteiger partial charge in [0.2, 0.25) is 0 Å². The van der Waals surface area contributed by atoms with E-state index in [1.54, 1.807) is 0 Å². The Kier molecular flexibility index (Phi) is 5.43. The molecule has 108 valence electrons. The third kappa shape index (κ3) is 3.80. The molecule has 0 saturated carbocycles. The highest BCUT2D eigenvalue weighted by atomic mass is 32.1.